The molecular weight excluding hydrogens is 290 g/mol. The number of pyridine rings is 1. The molecule has 0 unspecified atom stereocenters. The van der Waals surface area contributed by atoms with Gasteiger partial charge in [0.15, 0.2) is 11.5 Å². The first kappa shape index (κ1) is 14.1. The van der Waals surface area contributed by atoms with Crippen LogP contribution >= 0.6 is 0 Å². The van der Waals surface area contributed by atoms with E-state index in [4.69, 9.17) is 20.2 Å². The van der Waals surface area contributed by atoms with E-state index < -0.39 is 0 Å². The van der Waals surface area contributed by atoms with Gasteiger partial charge in [0.2, 0.25) is 0 Å². The first-order valence-electron chi connectivity index (χ1n) is 7.84. The van der Waals surface area contributed by atoms with Crippen molar-refractivity contribution in [3.05, 3.63) is 47.8 Å². The number of aromatic nitrogens is 2. The smallest absolute Gasteiger partial charge is 0.162 e. The van der Waals surface area contributed by atoms with Crippen molar-refractivity contribution in [2.45, 2.75) is 13.3 Å². The van der Waals surface area contributed by atoms with Gasteiger partial charge in [-0.05, 0) is 43.3 Å². The highest BCUT2D eigenvalue weighted by molar-refractivity contribution is 5.70. The van der Waals surface area contributed by atoms with Gasteiger partial charge in [0.05, 0.1) is 11.4 Å². The van der Waals surface area contributed by atoms with Crippen LogP contribution in [0.25, 0.3) is 16.9 Å². The topological polar surface area (TPSA) is 61.8 Å². The predicted octanol–water partition coefficient (Wildman–Crippen LogP) is 2.58. The van der Waals surface area contributed by atoms with Crippen LogP contribution in [0.5, 0.6) is 11.5 Å². The Kier molecular flexibility index (Phi) is 3.42. The lowest BCUT2D eigenvalue weighted by atomic mass is 10.1. The van der Waals surface area contributed by atoms with Crippen molar-refractivity contribution in [1.29, 1.82) is 0 Å². The van der Waals surface area contributed by atoms with E-state index in [9.17, 15) is 0 Å². The summed E-state index contributed by atoms with van der Waals surface area (Å²) in [6.45, 7) is 3.83. The molecule has 0 fully saturated rings. The molecule has 0 bridgehead atoms. The zero-order valence-electron chi connectivity index (χ0n) is 13.1. The zero-order chi connectivity index (χ0) is 15.8. The molecule has 1 aliphatic rings. The highest BCUT2D eigenvalue weighted by atomic mass is 16.6. The van der Waals surface area contributed by atoms with E-state index in [0.29, 0.717) is 19.8 Å². The summed E-state index contributed by atoms with van der Waals surface area (Å²) < 4.78 is 13.4. The molecule has 0 atom stereocenters. The summed E-state index contributed by atoms with van der Waals surface area (Å²) in [6, 6.07) is 10.1. The third-order valence-corrected chi connectivity index (χ3v) is 4.14. The van der Waals surface area contributed by atoms with Gasteiger partial charge in [-0.1, -0.05) is 6.07 Å². The fourth-order valence-electron chi connectivity index (χ4n) is 3.05. The number of aryl methyl sites for hydroxylation is 1. The van der Waals surface area contributed by atoms with Gasteiger partial charge in [0.25, 0.3) is 0 Å². The van der Waals surface area contributed by atoms with E-state index in [-0.39, 0.29) is 0 Å². The third kappa shape index (κ3) is 2.33. The van der Waals surface area contributed by atoms with Gasteiger partial charge in [0, 0.05) is 18.2 Å². The lowest BCUT2D eigenvalue weighted by molar-refractivity contribution is 0.171. The van der Waals surface area contributed by atoms with E-state index in [0.717, 1.165) is 46.1 Å². The van der Waals surface area contributed by atoms with Crippen LogP contribution in [-0.2, 0) is 6.42 Å². The van der Waals surface area contributed by atoms with Gasteiger partial charge < -0.3 is 19.6 Å². The number of benzene rings is 1. The average Bonchev–Trinajstić information content (AvgIpc) is 2.95. The highest BCUT2D eigenvalue weighted by Crippen LogP contribution is 2.35. The first-order chi connectivity index (χ1) is 11.3. The van der Waals surface area contributed by atoms with Crippen molar-refractivity contribution in [2.24, 2.45) is 5.73 Å². The molecule has 118 valence electrons. The van der Waals surface area contributed by atoms with E-state index in [2.05, 4.69) is 17.4 Å². The monoisotopic (exact) mass is 309 g/mol. The van der Waals surface area contributed by atoms with Crippen LogP contribution in [0.15, 0.2) is 36.5 Å². The van der Waals surface area contributed by atoms with Crippen LogP contribution in [0.1, 0.15) is 11.3 Å². The highest BCUT2D eigenvalue weighted by Gasteiger charge is 2.18. The quantitative estimate of drug-likeness (QED) is 0.808. The molecule has 0 radical (unpaired) electrons. The Morgan fingerprint density at radius 3 is 2.83 bits per heavy atom. The van der Waals surface area contributed by atoms with Gasteiger partial charge >= 0.3 is 0 Å². The molecule has 5 nitrogen and oxygen atoms in total. The molecule has 0 spiro atoms. The second kappa shape index (κ2) is 5.59. The molecule has 0 saturated heterocycles. The number of imidazole rings is 1. The number of nitrogens with two attached hydrogens (primary N) is 1. The Morgan fingerprint density at radius 2 is 2.00 bits per heavy atom. The molecule has 3 heterocycles. The first-order valence-corrected chi connectivity index (χ1v) is 7.84. The van der Waals surface area contributed by atoms with Gasteiger partial charge in [-0.25, -0.2) is 4.98 Å². The Morgan fingerprint density at radius 1 is 1.17 bits per heavy atom. The fourth-order valence-corrected chi connectivity index (χ4v) is 3.05. The summed E-state index contributed by atoms with van der Waals surface area (Å²) in [4.78, 5) is 4.86. The van der Waals surface area contributed by atoms with E-state index >= 15 is 0 Å². The van der Waals surface area contributed by atoms with Crippen LogP contribution in [0.4, 0.5) is 0 Å². The molecule has 2 N–H and O–H groups in total. The van der Waals surface area contributed by atoms with Crippen molar-refractivity contribution in [3.63, 3.8) is 0 Å². The lowest BCUT2D eigenvalue weighted by Gasteiger charge is -2.18. The minimum Gasteiger partial charge on any atom is -0.486 e. The summed E-state index contributed by atoms with van der Waals surface area (Å²) in [7, 11) is 0. The van der Waals surface area contributed by atoms with E-state index in [1.807, 2.05) is 30.5 Å². The van der Waals surface area contributed by atoms with E-state index in [1.54, 1.807) is 0 Å². The zero-order valence-corrected chi connectivity index (χ0v) is 13.1. The number of fused-ring (bicyclic) bond motifs is 2. The molecule has 0 saturated carbocycles. The number of hydrogen-bond donors (Lipinski definition) is 1. The van der Waals surface area contributed by atoms with Crippen molar-refractivity contribution < 1.29 is 9.47 Å². The normalized spacial score (nSPS) is 13.5. The maximum absolute atomic E-state index is 5.82. The van der Waals surface area contributed by atoms with Crippen LogP contribution < -0.4 is 15.2 Å². The van der Waals surface area contributed by atoms with Crippen molar-refractivity contribution in [1.82, 2.24) is 9.38 Å². The second-order valence-corrected chi connectivity index (χ2v) is 5.69. The van der Waals surface area contributed by atoms with Crippen molar-refractivity contribution in [2.75, 3.05) is 19.8 Å². The fraction of sp³-hybridized carbons (Fsp3) is 0.278. The Bertz CT molecular complexity index is 870. The molecule has 23 heavy (non-hydrogen) atoms. The Balaban J connectivity index is 1.91. The molecule has 4 rings (SSSR count). The van der Waals surface area contributed by atoms with Crippen LogP contribution in [0, 0.1) is 6.92 Å². The van der Waals surface area contributed by atoms with Gasteiger partial charge in [-0.3, -0.25) is 0 Å². The molecule has 1 aromatic carbocycles. The van der Waals surface area contributed by atoms with Crippen LogP contribution in [-0.4, -0.2) is 29.1 Å². The molecular formula is C18H19N3O2. The minimum atomic E-state index is 0.580. The number of hydrogen-bond acceptors (Lipinski definition) is 4. The molecule has 5 heteroatoms. The minimum absolute atomic E-state index is 0.580. The maximum atomic E-state index is 5.82. The number of nitrogens with zero attached hydrogens (tertiary/aromatic N) is 2. The van der Waals surface area contributed by atoms with Gasteiger partial charge in [-0.2, -0.15) is 0 Å². The molecule has 2 aromatic heterocycles. The number of ether oxygens (including phenoxy) is 2. The van der Waals surface area contributed by atoms with Gasteiger partial charge in [0.1, 0.15) is 18.9 Å². The Labute approximate surface area is 134 Å². The average molecular weight is 309 g/mol. The maximum Gasteiger partial charge on any atom is 0.162 e. The summed E-state index contributed by atoms with van der Waals surface area (Å²) in [5, 5.41) is 0. The molecule has 0 aliphatic carbocycles. The molecule has 0 amide bonds. The predicted molar refractivity (Wildman–Crippen MR) is 89.1 cm³/mol. The second-order valence-electron chi connectivity index (χ2n) is 5.69. The van der Waals surface area contributed by atoms with Crippen molar-refractivity contribution in [3.8, 4) is 22.8 Å². The number of rotatable bonds is 3. The largest absolute Gasteiger partial charge is 0.486 e. The molecule has 3 aromatic rings. The standard InChI is InChI=1S/C18H19N3O2/c1-12-3-2-8-21-14(6-7-19)17(20-18(12)21)13-4-5-15-16(11-13)23-10-9-22-15/h2-5,8,11H,6-7,9-10,19H2,1H3. The van der Waals surface area contributed by atoms with Crippen LogP contribution in [0.3, 0.4) is 0 Å². The lowest BCUT2D eigenvalue weighted by Crippen LogP contribution is -2.15. The summed E-state index contributed by atoms with van der Waals surface area (Å²) in [5.41, 5.74) is 11.1. The molecule has 1 aliphatic heterocycles. The van der Waals surface area contributed by atoms with Gasteiger partial charge in [-0.15, -0.1) is 0 Å². The third-order valence-electron chi connectivity index (χ3n) is 4.14. The summed E-state index contributed by atoms with van der Waals surface area (Å²) in [6.07, 6.45) is 2.82. The SMILES string of the molecule is Cc1cccn2c(CCN)c(-c3ccc4c(c3)OCCO4)nc12. The summed E-state index contributed by atoms with van der Waals surface area (Å²) in [5.74, 6) is 1.57. The van der Waals surface area contributed by atoms with Crippen molar-refractivity contribution >= 4 is 5.65 Å². The van der Waals surface area contributed by atoms with Crippen LogP contribution in [0.2, 0.25) is 0 Å². The Hall–Kier alpha value is -2.53. The van der Waals surface area contributed by atoms with E-state index in [1.165, 1.54) is 0 Å². The summed E-state index contributed by atoms with van der Waals surface area (Å²) >= 11 is 0.